The van der Waals surface area contributed by atoms with Crippen molar-refractivity contribution >= 4 is 60.2 Å². The van der Waals surface area contributed by atoms with E-state index in [1.807, 2.05) is 18.2 Å². The van der Waals surface area contributed by atoms with Gasteiger partial charge in [0.25, 0.3) is 20.2 Å². The number of nitrogen functional groups attached to an aromatic ring is 1. The molecule has 35 heavy (non-hydrogen) atoms. The molecule has 0 bridgehead atoms. The Kier molecular flexibility index (Phi) is 6.50. The lowest BCUT2D eigenvalue weighted by atomic mass is 10.1. The van der Waals surface area contributed by atoms with Crippen LogP contribution in [0.25, 0.3) is 22.9 Å². The van der Waals surface area contributed by atoms with Gasteiger partial charge in [-0.2, -0.15) is 16.8 Å². The van der Waals surface area contributed by atoms with E-state index in [1.165, 1.54) is 48.6 Å². The molecule has 0 atom stereocenters. The second kappa shape index (κ2) is 9.39. The lowest BCUT2D eigenvalue weighted by Gasteiger charge is -2.08. The number of nitrogens with zero attached hydrogens (tertiary/aromatic N) is 2. The van der Waals surface area contributed by atoms with Gasteiger partial charge in [-0.25, -0.2) is 0 Å². The first kappa shape index (κ1) is 24.2. The maximum Gasteiger partial charge on any atom is 0.297 e. The summed E-state index contributed by atoms with van der Waals surface area (Å²) in [5.74, 6) is 0. The van der Waals surface area contributed by atoms with Crippen LogP contribution >= 0.6 is 0 Å². The first-order valence-electron chi connectivity index (χ1n) is 10.1. The number of hydrogen-bond acceptors (Lipinski definition) is 7. The van der Waals surface area contributed by atoms with Gasteiger partial charge >= 0.3 is 0 Å². The van der Waals surface area contributed by atoms with Crippen molar-refractivity contribution in [1.29, 1.82) is 0 Å². The number of hydrogen-bond donors (Lipinski definition) is 3. The van der Waals surface area contributed by atoms with Crippen molar-refractivity contribution in [2.24, 2.45) is 10.2 Å². The zero-order valence-electron chi connectivity index (χ0n) is 18.0. The monoisotopic (exact) mass is 509 g/mol. The number of azo groups is 1. The standard InChI is InChI=1S/C24H19N3O6S2/c25-20-15-14-16-6-1-3-9-19(16)23(20)27-26-21-10-5-8-18(24(21)35(31,32)33)13-12-17-7-2-4-11-22(17)34(28,29)30/h1-15H,25H2,(H,28,29,30)(H,31,32,33)/b13-12+,27-26?. The van der Waals surface area contributed by atoms with Crippen molar-refractivity contribution in [2.45, 2.75) is 9.79 Å². The highest BCUT2D eigenvalue weighted by Gasteiger charge is 2.20. The number of fused-ring (bicyclic) bond motifs is 1. The minimum absolute atomic E-state index is 0.0278. The van der Waals surface area contributed by atoms with E-state index in [-0.39, 0.29) is 21.7 Å². The maximum atomic E-state index is 12.3. The van der Waals surface area contributed by atoms with Crippen molar-refractivity contribution in [3.8, 4) is 0 Å². The topological polar surface area (TPSA) is 159 Å². The molecule has 0 aliphatic rings. The van der Waals surface area contributed by atoms with Gasteiger partial charge in [0.05, 0.1) is 5.69 Å². The molecule has 4 aromatic carbocycles. The first-order chi connectivity index (χ1) is 16.6. The fourth-order valence-electron chi connectivity index (χ4n) is 3.55. The van der Waals surface area contributed by atoms with E-state index in [2.05, 4.69) is 10.2 Å². The molecule has 0 radical (unpaired) electrons. The summed E-state index contributed by atoms with van der Waals surface area (Å²) in [4.78, 5) is -0.880. The minimum Gasteiger partial charge on any atom is -0.397 e. The highest BCUT2D eigenvalue weighted by Crippen LogP contribution is 2.35. The highest BCUT2D eigenvalue weighted by atomic mass is 32.2. The predicted octanol–water partition coefficient (Wildman–Crippen LogP) is 5.50. The van der Waals surface area contributed by atoms with E-state index in [1.54, 1.807) is 24.3 Å². The van der Waals surface area contributed by atoms with Crippen molar-refractivity contribution in [1.82, 2.24) is 0 Å². The number of nitrogens with two attached hydrogens (primary N) is 1. The molecular weight excluding hydrogens is 490 g/mol. The highest BCUT2D eigenvalue weighted by molar-refractivity contribution is 7.86. The molecule has 9 nitrogen and oxygen atoms in total. The van der Waals surface area contributed by atoms with Crippen molar-refractivity contribution in [3.63, 3.8) is 0 Å². The van der Waals surface area contributed by atoms with Crippen molar-refractivity contribution in [2.75, 3.05) is 5.73 Å². The maximum absolute atomic E-state index is 12.3. The zero-order valence-corrected chi connectivity index (χ0v) is 19.6. The second-order valence-corrected chi connectivity index (χ2v) is 10.2. The fourth-order valence-corrected chi connectivity index (χ4v) is 5.04. The molecule has 0 spiro atoms. The third-order valence-corrected chi connectivity index (χ3v) is 7.00. The van der Waals surface area contributed by atoms with E-state index in [0.29, 0.717) is 16.8 Å². The smallest absolute Gasteiger partial charge is 0.297 e. The van der Waals surface area contributed by atoms with Crippen LogP contribution in [-0.2, 0) is 20.2 Å². The predicted molar refractivity (Wildman–Crippen MR) is 134 cm³/mol. The Morgan fingerprint density at radius 2 is 1.34 bits per heavy atom. The minimum atomic E-state index is -4.77. The molecule has 0 aromatic heterocycles. The van der Waals surface area contributed by atoms with Crippen LogP contribution in [0.4, 0.5) is 17.1 Å². The molecule has 0 saturated heterocycles. The Morgan fingerprint density at radius 3 is 2.09 bits per heavy atom. The summed E-state index contributed by atoms with van der Waals surface area (Å²) in [6.45, 7) is 0. The van der Waals surface area contributed by atoms with E-state index in [9.17, 15) is 25.9 Å². The Balaban J connectivity index is 1.83. The van der Waals surface area contributed by atoms with Crippen LogP contribution in [0.5, 0.6) is 0 Å². The Morgan fingerprint density at radius 1 is 0.686 bits per heavy atom. The van der Waals surface area contributed by atoms with E-state index in [4.69, 9.17) is 5.73 Å². The summed E-state index contributed by atoms with van der Waals surface area (Å²) in [6, 6.07) is 20.7. The Bertz CT molecular complexity index is 1710. The Labute approximate surface area is 201 Å². The molecule has 0 saturated carbocycles. The largest absolute Gasteiger partial charge is 0.397 e. The summed E-state index contributed by atoms with van der Waals surface area (Å²) in [5, 5.41) is 9.81. The number of rotatable bonds is 6. The number of benzene rings is 4. The van der Waals surface area contributed by atoms with Crippen LogP contribution in [-0.4, -0.2) is 25.9 Å². The molecule has 0 aliphatic carbocycles. The molecule has 11 heteroatoms. The molecule has 4 N–H and O–H groups in total. The molecule has 178 valence electrons. The normalized spacial score (nSPS) is 12.6. The van der Waals surface area contributed by atoms with E-state index in [0.717, 1.165) is 5.39 Å². The summed E-state index contributed by atoms with van der Waals surface area (Å²) in [5.41, 5.74) is 6.73. The van der Waals surface area contributed by atoms with Gasteiger partial charge in [0.2, 0.25) is 0 Å². The molecule has 0 amide bonds. The van der Waals surface area contributed by atoms with Crippen LogP contribution in [0.2, 0.25) is 0 Å². The SMILES string of the molecule is Nc1ccc2ccccc2c1N=Nc1cccc(/C=C/c2ccccc2S(=O)(=O)O)c1S(=O)(=O)O. The van der Waals surface area contributed by atoms with Gasteiger partial charge in [-0.05, 0) is 34.7 Å². The lowest BCUT2D eigenvalue weighted by molar-refractivity contribution is 0.480. The molecule has 0 aliphatic heterocycles. The summed E-state index contributed by atoms with van der Waals surface area (Å²) < 4.78 is 67.2. The fraction of sp³-hybridized carbons (Fsp3) is 0. The zero-order chi connectivity index (χ0) is 25.2. The summed E-state index contributed by atoms with van der Waals surface area (Å²) in [7, 11) is -9.28. The molecule has 0 fully saturated rings. The molecular formula is C24H19N3O6S2. The van der Waals surface area contributed by atoms with Gasteiger partial charge in [0.1, 0.15) is 21.2 Å². The van der Waals surface area contributed by atoms with Crippen LogP contribution in [0.15, 0.2) is 98.9 Å². The lowest BCUT2D eigenvalue weighted by Crippen LogP contribution is -2.02. The average Bonchev–Trinajstić information content (AvgIpc) is 2.81. The van der Waals surface area contributed by atoms with Gasteiger partial charge in [-0.15, -0.1) is 10.2 Å². The van der Waals surface area contributed by atoms with Crippen LogP contribution < -0.4 is 5.73 Å². The quantitative estimate of drug-likeness (QED) is 0.134. The Hall–Kier alpha value is -3.90. The third kappa shape index (κ3) is 5.28. The van der Waals surface area contributed by atoms with Gasteiger partial charge in [0.15, 0.2) is 0 Å². The van der Waals surface area contributed by atoms with Gasteiger partial charge in [-0.3, -0.25) is 9.11 Å². The van der Waals surface area contributed by atoms with Gasteiger partial charge in [0, 0.05) is 5.39 Å². The van der Waals surface area contributed by atoms with E-state index >= 15 is 0 Å². The number of anilines is 1. The summed E-state index contributed by atoms with van der Waals surface area (Å²) in [6.07, 6.45) is 2.59. The van der Waals surface area contributed by atoms with Crippen molar-refractivity contribution in [3.05, 3.63) is 90.0 Å². The second-order valence-electron chi connectivity index (χ2n) is 7.44. The van der Waals surface area contributed by atoms with Crippen LogP contribution in [0.3, 0.4) is 0 Å². The van der Waals surface area contributed by atoms with Gasteiger partial charge in [-0.1, -0.05) is 72.8 Å². The molecule has 4 aromatic rings. The van der Waals surface area contributed by atoms with E-state index < -0.39 is 25.1 Å². The molecule has 4 rings (SSSR count). The van der Waals surface area contributed by atoms with Gasteiger partial charge < -0.3 is 5.73 Å². The van der Waals surface area contributed by atoms with Crippen LogP contribution in [0, 0.1) is 0 Å². The van der Waals surface area contributed by atoms with Crippen molar-refractivity contribution < 1.29 is 25.9 Å². The van der Waals surface area contributed by atoms with Crippen LogP contribution in [0.1, 0.15) is 11.1 Å². The summed E-state index contributed by atoms with van der Waals surface area (Å²) >= 11 is 0. The third-order valence-electron chi connectivity index (χ3n) is 5.11. The molecule has 0 unspecified atom stereocenters. The molecule has 0 heterocycles. The average molecular weight is 510 g/mol. The first-order valence-corrected chi connectivity index (χ1v) is 13.0.